The quantitative estimate of drug-likeness (QED) is 0.875. The van der Waals surface area contributed by atoms with Crippen molar-refractivity contribution in [3.8, 4) is 5.75 Å². The molecule has 2 rings (SSSR count). The minimum atomic E-state index is -1.16. The predicted molar refractivity (Wildman–Crippen MR) is 57.8 cm³/mol. The number of carbonyl (C=O) groups is 1. The lowest BCUT2D eigenvalue weighted by Gasteiger charge is -2.12. The summed E-state index contributed by atoms with van der Waals surface area (Å²) in [6, 6.07) is 3.59. The van der Waals surface area contributed by atoms with Gasteiger partial charge in [0.15, 0.2) is 11.6 Å². The Hall–Kier alpha value is -1.62. The Morgan fingerprint density at radius 2 is 2.41 bits per heavy atom. The second-order valence-electron chi connectivity index (χ2n) is 3.90. The van der Waals surface area contributed by atoms with Gasteiger partial charge in [-0.2, -0.15) is 0 Å². The summed E-state index contributed by atoms with van der Waals surface area (Å²) in [4.78, 5) is 10.6. The highest BCUT2D eigenvalue weighted by molar-refractivity contribution is 5.87. The molecule has 0 aromatic heterocycles. The lowest BCUT2D eigenvalue weighted by Crippen LogP contribution is -2.16. The van der Waals surface area contributed by atoms with Crippen LogP contribution in [0.1, 0.15) is 23.2 Å². The molecule has 0 radical (unpaired) electrons. The maximum atomic E-state index is 13.5. The summed E-state index contributed by atoms with van der Waals surface area (Å²) >= 11 is 0. The fourth-order valence-electron chi connectivity index (χ4n) is 1.71. The van der Waals surface area contributed by atoms with Gasteiger partial charge in [0.1, 0.15) is 6.61 Å². The highest BCUT2D eigenvalue weighted by atomic mass is 19.1. The average molecular weight is 240 g/mol. The molecule has 1 unspecified atom stereocenters. The van der Waals surface area contributed by atoms with Crippen LogP contribution >= 0.6 is 0 Å². The van der Waals surface area contributed by atoms with Crippen LogP contribution in [0, 0.1) is 5.82 Å². The Morgan fingerprint density at radius 1 is 1.59 bits per heavy atom. The van der Waals surface area contributed by atoms with Crippen LogP contribution in [0.5, 0.6) is 5.75 Å². The van der Waals surface area contributed by atoms with Gasteiger partial charge in [0.2, 0.25) is 0 Å². The van der Waals surface area contributed by atoms with Crippen molar-refractivity contribution in [1.82, 2.24) is 0 Å². The topological polar surface area (TPSA) is 55.8 Å². The molecular weight excluding hydrogens is 227 g/mol. The van der Waals surface area contributed by atoms with Crippen molar-refractivity contribution in [2.75, 3.05) is 13.2 Å². The van der Waals surface area contributed by atoms with E-state index in [4.69, 9.17) is 14.6 Å². The molecular formula is C12H13FO4. The van der Waals surface area contributed by atoms with Crippen molar-refractivity contribution in [2.24, 2.45) is 0 Å². The number of benzene rings is 1. The minimum absolute atomic E-state index is 0.00792. The first kappa shape index (κ1) is 11.9. The van der Waals surface area contributed by atoms with Crippen LogP contribution in [0.4, 0.5) is 4.39 Å². The van der Waals surface area contributed by atoms with Gasteiger partial charge in [0, 0.05) is 6.61 Å². The molecule has 5 heteroatoms. The molecule has 1 N–H and O–H groups in total. The summed E-state index contributed by atoms with van der Waals surface area (Å²) < 4.78 is 24.1. The zero-order chi connectivity index (χ0) is 12.3. The van der Waals surface area contributed by atoms with Gasteiger partial charge < -0.3 is 14.6 Å². The summed E-state index contributed by atoms with van der Waals surface area (Å²) in [5.41, 5.74) is -0.0908. The number of carboxylic acid groups (broad SMARTS) is 1. The SMILES string of the molecule is O=C(O)c1ccc(OCC2CCCO2)c(F)c1. The van der Waals surface area contributed by atoms with Gasteiger partial charge in [-0.05, 0) is 31.0 Å². The molecule has 92 valence electrons. The van der Waals surface area contributed by atoms with E-state index in [1.54, 1.807) is 0 Å². The second-order valence-corrected chi connectivity index (χ2v) is 3.90. The number of ether oxygens (including phenoxy) is 2. The largest absolute Gasteiger partial charge is 0.488 e. The Balaban J connectivity index is 1.98. The van der Waals surface area contributed by atoms with E-state index in [9.17, 15) is 9.18 Å². The van der Waals surface area contributed by atoms with Gasteiger partial charge in [-0.1, -0.05) is 0 Å². The Morgan fingerprint density at radius 3 is 3.00 bits per heavy atom. The highest BCUT2D eigenvalue weighted by Crippen LogP contribution is 2.20. The van der Waals surface area contributed by atoms with E-state index in [0.717, 1.165) is 18.9 Å². The molecule has 1 aromatic rings. The Labute approximate surface area is 98.0 Å². The number of halogens is 1. The third kappa shape index (κ3) is 2.94. The molecule has 0 aliphatic carbocycles. The molecule has 1 aliphatic heterocycles. The van der Waals surface area contributed by atoms with Crippen molar-refractivity contribution in [3.63, 3.8) is 0 Å². The molecule has 4 nitrogen and oxygen atoms in total. The molecule has 0 bridgehead atoms. The number of hydrogen-bond donors (Lipinski definition) is 1. The summed E-state index contributed by atoms with van der Waals surface area (Å²) in [6.45, 7) is 1.01. The third-order valence-corrected chi connectivity index (χ3v) is 2.63. The molecule has 0 spiro atoms. The van der Waals surface area contributed by atoms with Gasteiger partial charge in [-0.15, -0.1) is 0 Å². The van der Waals surface area contributed by atoms with Crippen molar-refractivity contribution < 1.29 is 23.8 Å². The standard InChI is InChI=1S/C12H13FO4/c13-10-6-8(12(14)15)3-4-11(10)17-7-9-2-1-5-16-9/h3-4,6,9H,1-2,5,7H2,(H,14,15). The van der Waals surface area contributed by atoms with Crippen LogP contribution in [-0.4, -0.2) is 30.4 Å². The summed E-state index contributed by atoms with van der Waals surface area (Å²) in [5.74, 6) is -1.76. The van der Waals surface area contributed by atoms with Gasteiger partial charge in [0.25, 0.3) is 0 Å². The van der Waals surface area contributed by atoms with E-state index in [-0.39, 0.29) is 17.4 Å². The molecule has 1 heterocycles. The van der Waals surface area contributed by atoms with Crippen molar-refractivity contribution in [1.29, 1.82) is 0 Å². The number of hydrogen-bond acceptors (Lipinski definition) is 3. The third-order valence-electron chi connectivity index (χ3n) is 2.63. The Bertz CT molecular complexity index is 413. The van der Waals surface area contributed by atoms with Crippen molar-refractivity contribution in [3.05, 3.63) is 29.6 Å². The van der Waals surface area contributed by atoms with E-state index >= 15 is 0 Å². The van der Waals surface area contributed by atoms with Crippen LogP contribution in [0.15, 0.2) is 18.2 Å². The van der Waals surface area contributed by atoms with E-state index in [2.05, 4.69) is 0 Å². The fourth-order valence-corrected chi connectivity index (χ4v) is 1.71. The van der Waals surface area contributed by atoms with Crippen molar-refractivity contribution in [2.45, 2.75) is 18.9 Å². The van der Waals surface area contributed by atoms with E-state index in [1.807, 2.05) is 0 Å². The summed E-state index contributed by atoms with van der Waals surface area (Å²) in [6.07, 6.45) is 1.91. The first-order valence-electron chi connectivity index (χ1n) is 5.44. The minimum Gasteiger partial charge on any atom is -0.488 e. The average Bonchev–Trinajstić information content (AvgIpc) is 2.80. The first-order valence-corrected chi connectivity index (χ1v) is 5.44. The predicted octanol–water partition coefficient (Wildman–Crippen LogP) is 2.08. The molecule has 0 saturated carbocycles. The molecule has 1 aliphatic rings. The van der Waals surface area contributed by atoms with E-state index in [0.29, 0.717) is 13.2 Å². The lowest BCUT2D eigenvalue weighted by atomic mass is 10.2. The van der Waals surface area contributed by atoms with Crippen LogP contribution in [0.3, 0.4) is 0 Å². The lowest BCUT2D eigenvalue weighted by molar-refractivity contribution is 0.0661. The number of aromatic carboxylic acids is 1. The van der Waals surface area contributed by atoms with Gasteiger partial charge in [0.05, 0.1) is 11.7 Å². The molecule has 0 amide bonds. The van der Waals surface area contributed by atoms with Gasteiger partial charge in [-0.3, -0.25) is 0 Å². The normalized spacial score (nSPS) is 19.2. The highest BCUT2D eigenvalue weighted by Gasteiger charge is 2.17. The van der Waals surface area contributed by atoms with Crippen molar-refractivity contribution >= 4 is 5.97 Å². The van der Waals surface area contributed by atoms with E-state index < -0.39 is 11.8 Å². The van der Waals surface area contributed by atoms with Crippen LogP contribution in [-0.2, 0) is 4.74 Å². The monoisotopic (exact) mass is 240 g/mol. The smallest absolute Gasteiger partial charge is 0.335 e. The molecule has 1 fully saturated rings. The van der Waals surface area contributed by atoms with Crippen LogP contribution < -0.4 is 4.74 Å². The molecule has 17 heavy (non-hydrogen) atoms. The zero-order valence-electron chi connectivity index (χ0n) is 9.19. The second kappa shape index (κ2) is 5.14. The molecule has 1 aromatic carbocycles. The zero-order valence-corrected chi connectivity index (χ0v) is 9.19. The van der Waals surface area contributed by atoms with Gasteiger partial charge >= 0.3 is 5.97 Å². The number of carboxylic acids is 1. The van der Waals surface area contributed by atoms with Crippen LogP contribution in [0.2, 0.25) is 0 Å². The van der Waals surface area contributed by atoms with E-state index in [1.165, 1.54) is 12.1 Å². The maximum absolute atomic E-state index is 13.5. The maximum Gasteiger partial charge on any atom is 0.335 e. The first-order chi connectivity index (χ1) is 8.16. The van der Waals surface area contributed by atoms with Gasteiger partial charge in [-0.25, -0.2) is 9.18 Å². The van der Waals surface area contributed by atoms with Crippen LogP contribution in [0.25, 0.3) is 0 Å². The Kier molecular flexibility index (Phi) is 3.58. The summed E-state index contributed by atoms with van der Waals surface area (Å²) in [7, 11) is 0. The fraction of sp³-hybridized carbons (Fsp3) is 0.417. The number of rotatable bonds is 4. The summed E-state index contributed by atoms with van der Waals surface area (Å²) in [5, 5.41) is 8.68. The molecule has 1 atom stereocenters. The molecule has 1 saturated heterocycles.